The highest BCUT2D eigenvalue weighted by Gasteiger charge is 2.45. The van der Waals surface area contributed by atoms with E-state index in [1.54, 1.807) is 12.0 Å². The highest BCUT2D eigenvalue weighted by molar-refractivity contribution is 5.92. The summed E-state index contributed by atoms with van der Waals surface area (Å²) in [4.78, 5) is 28.8. The third-order valence-corrected chi connectivity index (χ3v) is 6.52. The smallest absolute Gasteiger partial charge is 0.247 e. The van der Waals surface area contributed by atoms with E-state index in [-0.39, 0.29) is 17.9 Å². The topological polar surface area (TPSA) is 70.7 Å². The fourth-order valence-electron chi connectivity index (χ4n) is 4.82. The van der Waals surface area contributed by atoms with E-state index >= 15 is 0 Å². The van der Waals surface area contributed by atoms with E-state index in [2.05, 4.69) is 10.6 Å². The van der Waals surface area contributed by atoms with Gasteiger partial charge in [-0.25, -0.2) is 0 Å². The molecule has 2 aromatic rings. The van der Waals surface area contributed by atoms with Crippen LogP contribution in [-0.4, -0.2) is 48.2 Å². The summed E-state index contributed by atoms with van der Waals surface area (Å²) in [5.41, 5.74) is 2.06. The van der Waals surface area contributed by atoms with Gasteiger partial charge < -0.3 is 15.0 Å². The van der Waals surface area contributed by atoms with Gasteiger partial charge in [-0.15, -0.1) is 0 Å². The lowest BCUT2D eigenvalue weighted by Gasteiger charge is -2.44. The van der Waals surface area contributed by atoms with Crippen molar-refractivity contribution in [2.75, 3.05) is 7.11 Å². The number of carbonyl (C=O) groups is 2. The molecular formula is C26H33N3O3. The molecule has 0 aromatic heterocycles. The van der Waals surface area contributed by atoms with Crippen LogP contribution in [0.4, 0.5) is 0 Å². The third kappa shape index (κ3) is 5.37. The molecule has 0 bridgehead atoms. The summed E-state index contributed by atoms with van der Waals surface area (Å²) in [5, 5.41) is 6.51. The summed E-state index contributed by atoms with van der Waals surface area (Å²) in [7, 11) is 1.59. The summed E-state index contributed by atoms with van der Waals surface area (Å²) in [5.74, 6) is -0.214. The first-order chi connectivity index (χ1) is 15.7. The van der Waals surface area contributed by atoms with Gasteiger partial charge in [-0.3, -0.25) is 14.9 Å². The number of piperazine rings is 1. The van der Waals surface area contributed by atoms with Crippen LogP contribution in [-0.2, 0) is 27.3 Å². The van der Waals surface area contributed by atoms with Gasteiger partial charge in [0.15, 0.2) is 6.04 Å². The minimum Gasteiger partial charge on any atom is -0.364 e. The summed E-state index contributed by atoms with van der Waals surface area (Å²) in [6.07, 6.45) is 5.44. The minimum atomic E-state index is -0.721. The number of carbonyl (C=O) groups excluding carboxylic acids is 2. The molecule has 1 saturated heterocycles. The second-order valence-corrected chi connectivity index (χ2v) is 8.81. The predicted octanol–water partition coefficient (Wildman–Crippen LogP) is 3.02. The summed E-state index contributed by atoms with van der Waals surface area (Å²) in [6.45, 7) is 0.370. The lowest BCUT2D eigenvalue weighted by atomic mass is 9.94. The van der Waals surface area contributed by atoms with Gasteiger partial charge >= 0.3 is 0 Å². The Bertz CT molecular complexity index is 884. The number of amides is 2. The lowest BCUT2D eigenvalue weighted by Crippen LogP contribution is -2.70. The molecule has 2 aliphatic rings. The van der Waals surface area contributed by atoms with Crippen LogP contribution in [0.15, 0.2) is 60.7 Å². The summed E-state index contributed by atoms with van der Waals surface area (Å²) < 4.78 is 5.73. The molecule has 1 aliphatic carbocycles. The molecule has 1 saturated carbocycles. The first-order valence-electron chi connectivity index (χ1n) is 11.6. The predicted molar refractivity (Wildman–Crippen MR) is 124 cm³/mol. The second kappa shape index (κ2) is 10.7. The van der Waals surface area contributed by atoms with E-state index in [1.807, 2.05) is 60.7 Å². The molecule has 2 amide bonds. The van der Waals surface area contributed by atoms with Crippen molar-refractivity contribution in [3.8, 4) is 0 Å². The molecule has 6 heteroatoms. The number of hydrogen-bond donors (Lipinski definition) is 2. The van der Waals surface area contributed by atoms with Gasteiger partial charge in [-0.1, -0.05) is 79.9 Å². The fourth-order valence-corrected chi connectivity index (χ4v) is 4.82. The van der Waals surface area contributed by atoms with Gasteiger partial charge in [0.25, 0.3) is 0 Å². The van der Waals surface area contributed by atoms with E-state index in [0.717, 1.165) is 36.8 Å². The molecule has 3 unspecified atom stereocenters. The Balaban J connectivity index is 1.58. The SMILES string of the molecule is COC1NC(Cc2ccccc2)C(=O)N(Cc2ccccc2)C1C(=O)NC1CCCCC1. The van der Waals surface area contributed by atoms with Gasteiger partial charge in [0.05, 0.1) is 6.04 Å². The van der Waals surface area contributed by atoms with Gasteiger partial charge in [-0.05, 0) is 30.4 Å². The maximum atomic E-state index is 13.6. The quantitative estimate of drug-likeness (QED) is 0.701. The molecule has 6 nitrogen and oxygen atoms in total. The Morgan fingerprint density at radius 1 is 1.00 bits per heavy atom. The van der Waals surface area contributed by atoms with E-state index in [9.17, 15) is 9.59 Å². The molecule has 4 rings (SSSR count). The Kier molecular flexibility index (Phi) is 7.55. The van der Waals surface area contributed by atoms with Crippen LogP contribution in [0, 0.1) is 0 Å². The van der Waals surface area contributed by atoms with Crippen molar-refractivity contribution in [2.45, 2.75) is 69.4 Å². The second-order valence-electron chi connectivity index (χ2n) is 8.81. The molecule has 3 atom stereocenters. The number of hydrogen-bond acceptors (Lipinski definition) is 4. The van der Waals surface area contributed by atoms with Gasteiger partial charge in [0.2, 0.25) is 11.8 Å². The monoisotopic (exact) mass is 435 g/mol. The summed E-state index contributed by atoms with van der Waals surface area (Å²) in [6, 6.07) is 18.8. The van der Waals surface area contributed by atoms with Crippen LogP contribution in [0.1, 0.15) is 43.2 Å². The maximum Gasteiger partial charge on any atom is 0.247 e. The van der Waals surface area contributed by atoms with Crippen LogP contribution < -0.4 is 10.6 Å². The van der Waals surface area contributed by atoms with Crippen molar-refractivity contribution < 1.29 is 14.3 Å². The number of nitrogens with one attached hydrogen (secondary N) is 2. The molecule has 2 aromatic carbocycles. The number of benzene rings is 2. The van der Waals surface area contributed by atoms with Gasteiger partial charge in [0.1, 0.15) is 6.23 Å². The highest BCUT2D eigenvalue weighted by Crippen LogP contribution is 2.23. The van der Waals surface area contributed by atoms with Crippen molar-refractivity contribution in [1.29, 1.82) is 0 Å². The van der Waals surface area contributed by atoms with Gasteiger partial charge in [-0.2, -0.15) is 0 Å². The van der Waals surface area contributed by atoms with Gasteiger partial charge in [0, 0.05) is 19.7 Å². The molecular weight excluding hydrogens is 402 g/mol. The van der Waals surface area contributed by atoms with E-state index in [1.165, 1.54) is 6.42 Å². The fraction of sp³-hybridized carbons (Fsp3) is 0.462. The van der Waals surface area contributed by atoms with Crippen LogP contribution in [0.3, 0.4) is 0 Å². The number of rotatable bonds is 7. The minimum absolute atomic E-state index is 0.0743. The Labute approximate surface area is 190 Å². The van der Waals surface area contributed by atoms with E-state index in [0.29, 0.717) is 13.0 Å². The van der Waals surface area contributed by atoms with E-state index in [4.69, 9.17) is 4.74 Å². The normalized spacial score (nSPS) is 24.3. The Hall–Kier alpha value is -2.70. The number of nitrogens with zero attached hydrogens (tertiary/aromatic N) is 1. The van der Waals surface area contributed by atoms with Crippen LogP contribution in [0.5, 0.6) is 0 Å². The maximum absolute atomic E-state index is 13.6. The molecule has 1 aliphatic heterocycles. The average molecular weight is 436 g/mol. The van der Waals surface area contributed by atoms with Crippen molar-refractivity contribution in [3.63, 3.8) is 0 Å². The number of methoxy groups -OCH3 is 1. The van der Waals surface area contributed by atoms with Crippen LogP contribution >= 0.6 is 0 Å². The Morgan fingerprint density at radius 2 is 1.62 bits per heavy atom. The first-order valence-corrected chi connectivity index (χ1v) is 11.6. The molecule has 2 N–H and O–H groups in total. The van der Waals surface area contributed by atoms with Crippen LogP contribution in [0.2, 0.25) is 0 Å². The van der Waals surface area contributed by atoms with E-state index < -0.39 is 18.3 Å². The van der Waals surface area contributed by atoms with Crippen molar-refractivity contribution >= 4 is 11.8 Å². The molecule has 32 heavy (non-hydrogen) atoms. The number of ether oxygens (including phenoxy) is 1. The zero-order valence-electron chi connectivity index (χ0n) is 18.7. The van der Waals surface area contributed by atoms with Crippen molar-refractivity contribution in [2.24, 2.45) is 0 Å². The first kappa shape index (κ1) is 22.5. The molecule has 0 radical (unpaired) electrons. The van der Waals surface area contributed by atoms with Crippen molar-refractivity contribution in [1.82, 2.24) is 15.5 Å². The third-order valence-electron chi connectivity index (χ3n) is 6.52. The Morgan fingerprint density at radius 3 is 2.25 bits per heavy atom. The lowest BCUT2D eigenvalue weighted by molar-refractivity contribution is -0.158. The zero-order valence-corrected chi connectivity index (χ0v) is 18.7. The molecule has 0 spiro atoms. The molecule has 1 heterocycles. The summed E-state index contributed by atoms with van der Waals surface area (Å²) >= 11 is 0. The zero-order chi connectivity index (χ0) is 22.3. The van der Waals surface area contributed by atoms with Crippen LogP contribution in [0.25, 0.3) is 0 Å². The standard InChI is InChI=1S/C26H33N3O3/c1-32-25-23(24(30)27-21-15-9-4-10-16-21)29(18-20-13-7-3-8-14-20)26(31)22(28-25)17-19-11-5-2-6-12-19/h2-3,5-8,11-14,21-23,25,28H,4,9-10,15-18H2,1H3,(H,27,30). The van der Waals surface area contributed by atoms with Crippen molar-refractivity contribution in [3.05, 3.63) is 71.8 Å². The molecule has 2 fully saturated rings. The average Bonchev–Trinajstić information content (AvgIpc) is 2.83. The highest BCUT2D eigenvalue weighted by atomic mass is 16.5. The molecule has 170 valence electrons. The largest absolute Gasteiger partial charge is 0.364 e.